The number of amides is 3. The van der Waals surface area contributed by atoms with E-state index in [1.165, 1.54) is 11.8 Å². The smallest absolute Gasteiger partial charge is 0.246 e. The fourth-order valence-electron chi connectivity index (χ4n) is 3.83. The Hall–Kier alpha value is -3.07. The van der Waals surface area contributed by atoms with Gasteiger partial charge in [-0.2, -0.15) is 0 Å². The second-order valence-corrected chi connectivity index (χ2v) is 10.3. The molecule has 35 heavy (non-hydrogen) atoms. The number of ketones is 1. The fraction of sp³-hybridized carbons (Fsp3) is 0.500. The van der Waals surface area contributed by atoms with E-state index in [0.717, 1.165) is 21.7 Å². The molecule has 9 heteroatoms. The number of nitrogens with one attached hydrogen (secondary N) is 2. The van der Waals surface area contributed by atoms with Crippen LogP contribution in [0.2, 0.25) is 0 Å². The number of rotatable bonds is 6. The highest BCUT2D eigenvalue weighted by atomic mass is 32.1. The van der Waals surface area contributed by atoms with E-state index in [9.17, 15) is 19.2 Å². The topological polar surface area (TPSA) is 108 Å². The first kappa shape index (κ1) is 28.2. The van der Waals surface area contributed by atoms with Crippen molar-refractivity contribution in [3.63, 3.8) is 0 Å². The maximum atomic E-state index is 13.2. The molecule has 0 spiro atoms. The third-order valence-electron chi connectivity index (χ3n) is 5.62. The molecule has 3 amide bonds. The van der Waals surface area contributed by atoms with Gasteiger partial charge in [-0.25, -0.2) is 4.98 Å². The first-order valence-electron chi connectivity index (χ1n) is 11.8. The number of nitrogens with zero attached hydrogens (tertiary/aromatic N) is 2. The Bertz CT molecular complexity index is 1060. The van der Waals surface area contributed by atoms with Gasteiger partial charge in [0.1, 0.15) is 12.1 Å². The summed E-state index contributed by atoms with van der Waals surface area (Å²) in [6.07, 6.45) is -0.0297. The number of Topliss-reactive ketones (excluding diaryl/α,β-unsaturated/α-hetero) is 1. The molecule has 0 radical (unpaired) electrons. The molecule has 2 unspecified atom stereocenters. The van der Waals surface area contributed by atoms with Gasteiger partial charge in [0.25, 0.3) is 0 Å². The number of aromatic nitrogens is 1. The van der Waals surface area contributed by atoms with E-state index >= 15 is 0 Å². The van der Waals surface area contributed by atoms with Gasteiger partial charge in [0.05, 0.1) is 22.6 Å². The predicted octanol–water partition coefficient (Wildman–Crippen LogP) is 3.48. The minimum atomic E-state index is -0.886. The van der Waals surface area contributed by atoms with Crippen molar-refractivity contribution in [3.05, 3.63) is 41.0 Å². The van der Waals surface area contributed by atoms with Gasteiger partial charge in [-0.1, -0.05) is 58.9 Å². The minimum absolute atomic E-state index is 0.0297. The maximum Gasteiger partial charge on any atom is 0.246 e. The van der Waals surface area contributed by atoms with Crippen LogP contribution in [0.4, 0.5) is 0 Å². The lowest BCUT2D eigenvalue weighted by atomic mass is 9.85. The molecule has 2 aromatic rings. The summed E-state index contributed by atoms with van der Waals surface area (Å²) in [4.78, 5) is 56.6. The number of likely N-dealkylation sites (tertiary alicyclic amines) is 1. The van der Waals surface area contributed by atoms with Crippen molar-refractivity contribution in [1.82, 2.24) is 20.5 Å². The lowest BCUT2D eigenvalue weighted by molar-refractivity contribution is -0.143. The Morgan fingerprint density at radius 2 is 1.80 bits per heavy atom. The van der Waals surface area contributed by atoms with Crippen molar-refractivity contribution in [2.75, 3.05) is 6.54 Å². The maximum absolute atomic E-state index is 13.2. The van der Waals surface area contributed by atoms with E-state index in [4.69, 9.17) is 0 Å². The van der Waals surface area contributed by atoms with Gasteiger partial charge in [-0.15, -0.1) is 11.3 Å². The molecule has 0 saturated carbocycles. The molecule has 1 aliphatic heterocycles. The third-order valence-corrected chi connectivity index (χ3v) is 6.60. The summed E-state index contributed by atoms with van der Waals surface area (Å²) in [6, 6.07) is 6.12. The molecule has 1 aromatic heterocycles. The molecule has 2 heterocycles. The Labute approximate surface area is 211 Å². The number of hydrogen-bond donors (Lipinski definition) is 2. The molecule has 0 aliphatic carbocycles. The summed E-state index contributed by atoms with van der Waals surface area (Å²) in [5.41, 5.74) is 4.18. The van der Waals surface area contributed by atoms with Crippen LogP contribution >= 0.6 is 11.3 Å². The molecule has 2 N–H and O–H groups in total. The van der Waals surface area contributed by atoms with Crippen LogP contribution in [0.15, 0.2) is 29.8 Å². The molecule has 0 bridgehead atoms. The number of aryl methyl sites for hydroxylation is 1. The summed E-state index contributed by atoms with van der Waals surface area (Å²) < 4.78 is 0. The number of thiazole rings is 1. The fourth-order valence-corrected chi connectivity index (χ4v) is 4.65. The Morgan fingerprint density at radius 1 is 1.17 bits per heavy atom. The molecule has 2 atom stereocenters. The SMILES string of the molecule is CC.CC(=O)NC(C(=O)N1CC(=O)CC1C(=O)NCc1ccc(-c2scnc2C)cc1)C(C)(C)C. The van der Waals surface area contributed by atoms with Crippen LogP contribution in [-0.4, -0.2) is 52.0 Å². The number of carbonyl (C=O) groups is 4. The minimum Gasteiger partial charge on any atom is -0.350 e. The van der Waals surface area contributed by atoms with Gasteiger partial charge in [0.2, 0.25) is 17.7 Å². The molecule has 1 fully saturated rings. The lowest BCUT2D eigenvalue weighted by Gasteiger charge is -2.34. The summed E-state index contributed by atoms with van der Waals surface area (Å²) in [5.74, 6) is -1.32. The van der Waals surface area contributed by atoms with Crippen LogP contribution in [0.5, 0.6) is 0 Å². The molecule has 1 aromatic carbocycles. The molecule has 8 nitrogen and oxygen atoms in total. The van der Waals surface area contributed by atoms with Crippen LogP contribution in [-0.2, 0) is 25.7 Å². The third kappa shape index (κ3) is 7.21. The summed E-state index contributed by atoms with van der Waals surface area (Å²) >= 11 is 1.58. The second-order valence-electron chi connectivity index (χ2n) is 9.41. The Balaban J connectivity index is 0.00000210. The first-order valence-corrected chi connectivity index (χ1v) is 12.7. The zero-order valence-electron chi connectivity index (χ0n) is 21.6. The van der Waals surface area contributed by atoms with Crippen LogP contribution in [0.1, 0.15) is 59.2 Å². The van der Waals surface area contributed by atoms with E-state index in [2.05, 4.69) is 15.6 Å². The van der Waals surface area contributed by atoms with E-state index in [1.807, 2.05) is 71.3 Å². The van der Waals surface area contributed by atoms with Gasteiger partial charge in [-0.05, 0) is 23.5 Å². The zero-order chi connectivity index (χ0) is 26.3. The Morgan fingerprint density at radius 3 is 2.31 bits per heavy atom. The second kappa shape index (κ2) is 12.1. The number of benzene rings is 1. The summed E-state index contributed by atoms with van der Waals surface area (Å²) in [7, 11) is 0. The van der Waals surface area contributed by atoms with Crippen LogP contribution in [0.3, 0.4) is 0 Å². The van der Waals surface area contributed by atoms with Gasteiger partial charge in [0, 0.05) is 19.9 Å². The van der Waals surface area contributed by atoms with Crippen molar-refractivity contribution >= 4 is 34.8 Å². The van der Waals surface area contributed by atoms with Crippen molar-refractivity contribution in [1.29, 1.82) is 0 Å². The average molecular weight is 501 g/mol. The van der Waals surface area contributed by atoms with E-state index < -0.39 is 23.4 Å². The quantitative estimate of drug-likeness (QED) is 0.631. The van der Waals surface area contributed by atoms with E-state index in [0.29, 0.717) is 0 Å². The molecule has 1 aliphatic rings. The van der Waals surface area contributed by atoms with Gasteiger partial charge < -0.3 is 15.5 Å². The summed E-state index contributed by atoms with van der Waals surface area (Å²) in [5, 5.41) is 5.52. The van der Waals surface area contributed by atoms with Crippen molar-refractivity contribution in [3.8, 4) is 10.4 Å². The average Bonchev–Trinajstić information content (AvgIpc) is 3.41. The molecular weight excluding hydrogens is 464 g/mol. The highest BCUT2D eigenvalue weighted by molar-refractivity contribution is 7.13. The molecule has 3 rings (SSSR count). The normalized spacial score (nSPS) is 16.3. The number of hydrogen-bond acceptors (Lipinski definition) is 6. The van der Waals surface area contributed by atoms with Crippen LogP contribution in [0.25, 0.3) is 10.4 Å². The van der Waals surface area contributed by atoms with Gasteiger partial charge in [0.15, 0.2) is 5.78 Å². The predicted molar refractivity (Wildman–Crippen MR) is 138 cm³/mol. The highest BCUT2D eigenvalue weighted by Gasteiger charge is 2.44. The van der Waals surface area contributed by atoms with Crippen molar-refractivity contribution in [2.24, 2.45) is 5.41 Å². The van der Waals surface area contributed by atoms with E-state index in [-0.39, 0.29) is 37.1 Å². The molecular formula is C26H36N4O4S. The van der Waals surface area contributed by atoms with Crippen molar-refractivity contribution < 1.29 is 19.2 Å². The largest absolute Gasteiger partial charge is 0.350 e. The van der Waals surface area contributed by atoms with E-state index in [1.54, 1.807) is 11.3 Å². The van der Waals surface area contributed by atoms with Crippen molar-refractivity contribution in [2.45, 2.75) is 73.5 Å². The molecule has 1 saturated heterocycles. The highest BCUT2D eigenvalue weighted by Crippen LogP contribution is 2.27. The zero-order valence-corrected chi connectivity index (χ0v) is 22.4. The van der Waals surface area contributed by atoms with Crippen LogP contribution < -0.4 is 10.6 Å². The van der Waals surface area contributed by atoms with Gasteiger partial charge in [-0.3, -0.25) is 19.2 Å². The molecule has 190 valence electrons. The monoisotopic (exact) mass is 500 g/mol. The lowest BCUT2D eigenvalue weighted by Crippen LogP contribution is -2.57. The van der Waals surface area contributed by atoms with Crippen LogP contribution in [0, 0.1) is 12.3 Å². The first-order chi connectivity index (χ1) is 16.5. The number of carbonyl (C=O) groups excluding carboxylic acids is 4. The standard InChI is InChI=1S/C24H30N4O4S.C2H6/c1-14-20(33-13-26-14)17-8-6-16(7-9-17)11-25-22(31)19-10-18(30)12-28(19)23(32)21(24(3,4)5)27-15(2)29;1-2/h6-9,13,19,21H,10-12H2,1-5H3,(H,25,31)(H,27,29);1-2H3. The Kier molecular flexibility index (Phi) is 9.71. The van der Waals surface area contributed by atoms with Gasteiger partial charge >= 0.3 is 0 Å². The summed E-state index contributed by atoms with van der Waals surface area (Å²) in [6.45, 7) is 12.9.